The number of hydrogen-bond acceptors (Lipinski definition) is 2. The lowest BCUT2D eigenvalue weighted by Gasteiger charge is -2.21. The molecule has 0 amide bonds. The summed E-state index contributed by atoms with van der Waals surface area (Å²) in [4.78, 5) is 4.49. The van der Waals surface area contributed by atoms with Gasteiger partial charge >= 0.3 is 0 Å². The highest BCUT2D eigenvalue weighted by Gasteiger charge is 2.34. The molecule has 15 heavy (non-hydrogen) atoms. The third kappa shape index (κ3) is 1.27. The van der Waals surface area contributed by atoms with Crippen LogP contribution in [-0.4, -0.2) is 9.38 Å². The molecule has 0 spiro atoms. The molecule has 1 aliphatic rings. The molecular formula is C12H15N3. The van der Waals surface area contributed by atoms with E-state index in [4.69, 9.17) is 5.73 Å². The molecule has 0 aromatic carbocycles. The summed E-state index contributed by atoms with van der Waals surface area (Å²) in [5, 5.41) is 0. The van der Waals surface area contributed by atoms with Crippen LogP contribution in [0.25, 0.3) is 5.52 Å². The van der Waals surface area contributed by atoms with Crippen molar-refractivity contribution < 1.29 is 0 Å². The van der Waals surface area contributed by atoms with Gasteiger partial charge in [0.05, 0.1) is 17.3 Å². The maximum atomic E-state index is 6.41. The van der Waals surface area contributed by atoms with Gasteiger partial charge in [0.1, 0.15) is 5.82 Å². The van der Waals surface area contributed by atoms with E-state index in [1.807, 2.05) is 24.5 Å². The number of imidazole rings is 1. The summed E-state index contributed by atoms with van der Waals surface area (Å²) in [5.41, 5.74) is 7.34. The van der Waals surface area contributed by atoms with Crippen LogP contribution in [0.4, 0.5) is 0 Å². The van der Waals surface area contributed by atoms with E-state index in [9.17, 15) is 0 Å². The van der Waals surface area contributed by atoms with Gasteiger partial charge in [-0.3, -0.25) is 0 Å². The van der Waals surface area contributed by atoms with Crippen molar-refractivity contribution in [3.8, 4) is 0 Å². The second-order valence-corrected chi connectivity index (χ2v) is 4.44. The molecule has 2 N–H and O–H groups in total. The molecule has 1 saturated carbocycles. The molecule has 0 atom stereocenters. The minimum atomic E-state index is -0.201. The lowest BCUT2D eigenvalue weighted by atomic mass is 9.98. The van der Waals surface area contributed by atoms with Crippen molar-refractivity contribution in [3.05, 3.63) is 36.4 Å². The topological polar surface area (TPSA) is 43.3 Å². The van der Waals surface area contributed by atoms with Crippen molar-refractivity contribution in [2.75, 3.05) is 0 Å². The fraction of sp³-hybridized carbons (Fsp3) is 0.417. The van der Waals surface area contributed by atoms with Crippen LogP contribution in [0.2, 0.25) is 0 Å². The molecule has 1 fully saturated rings. The minimum absolute atomic E-state index is 0.201. The predicted octanol–water partition coefficient (Wildman–Crippen LogP) is 2.06. The average Bonchev–Trinajstić information content (AvgIpc) is 2.84. The molecule has 1 aliphatic carbocycles. The summed E-state index contributed by atoms with van der Waals surface area (Å²) in [6.45, 7) is 0. The highest BCUT2D eigenvalue weighted by Crippen LogP contribution is 2.35. The van der Waals surface area contributed by atoms with Gasteiger partial charge in [-0.15, -0.1) is 0 Å². The number of pyridine rings is 1. The van der Waals surface area contributed by atoms with Crippen LogP contribution in [0.15, 0.2) is 30.6 Å². The molecule has 3 heteroatoms. The molecule has 0 radical (unpaired) electrons. The lowest BCUT2D eigenvalue weighted by Crippen LogP contribution is -2.35. The second kappa shape index (κ2) is 3.07. The van der Waals surface area contributed by atoms with E-state index in [-0.39, 0.29) is 5.54 Å². The summed E-state index contributed by atoms with van der Waals surface area (Å²) in [6.07, 6.45) is 8.51. The van der Waals surface area contributed by atoms with Crippen LogP contribution < -0.4 is 5.73 Å². The maximum absolute atomic E-state index is 6.41. The Morgan fingerprint density at radius 2 is 2.07 bits per heavy atom. The monoisotopic (exact) mass is 201 g/mol. The zero-order valence-electron chi connectivity index (χ0n) is 8.69. The van der Waals surface area contributed by atoms with Gasteiger partial charge in [0.2, 0.25) is 0 Å². The number of aromatic nitrogens is 2. The van der Waals surface area contributed by atoms with E-state index in [2.05, 4.69) is 15.5 Å². The second-order valence-electron chi connectivity index (χ2n) is 4.44. The van der Waals surface area contributed by atoms with E-state index in [1.54, 1.807) is 0 Å². The third-order valence-corrected chi connectivity index (χ3v) is 3.38. The molecule has 3 rings (SSSR count). The fourth-order valence-corrected chi connectivity index (χ4v) is 2.54. The number of fused-ring (bicyclic) bond motifs is 1. The van der Waals surface area contributed by atoms with Crippen molar-refractivity contribution in [1.82, 2.24) is 9.38 Å². The van der Waals surface area contributed by atoms with E-state index in [0.717, 1.165) is 24.2 Å². The van der Waals surface area contributed by atoms with Crippen LogP contribution >= 0.6 is 0 Å². The summed E-state index contributed by atoms with van der Waals surface area (Å²) in [7, 11) is 0. The Hall–Kier alpha value is -1.35. The third-order valence-electron chi connectivity index (χ3n) is 3.38. The van der Waals surface area contributed by atoms with Crippen LogP contribution in [-0.2, 0) is 5.54 Å². The first-order chi connectivity index (χ1) is 7.30. The van der Waals surface area contributed by atoms with Gasteiger partial charge in [-0.2, -0.15) is 0 Å². The van der Waals surface area contributed by atoms with Crippen LogP contribution in [0.5, 0.6) is 0 Å². The number of nitrogens with two attached hydrogens (primary N) is 1. The lowest BCUT2D eigenvalue weighted by molar-refractivity contribution is 0.430. The molecule has 0 unspecified atom stereocenters. The Morgan fingerprint density at radius 1 is 1.27 bits per heavy atom. The Labute approximate surface area is 88.9 Å². The highest BCUT2D eigenvalue weighted by molar-refractivity contribution is 5.46. The highest BCUT2D eigenvalue weighted by atomic mass is 15.1. The SMILES string of the molecule is NC1(c2ncc3ccccn23)CCCC1. The molecule has 2 aromatic rings. The van der Waals surface area contributed by atoms with Gasteiger partial charge in [-0.05, 0) is 25.0 Å². The van der Waals surface area contributed by atoms with Crippen molar-refractivity contribution in [1.29, 1.82) is 0 Å². The minimum Gasteiger partial charge on any atom is -0.319 e. The van der Waals surface area contributed by atoms with Gasteiger partial charge in [0.25, 0.3) is 0 Å². The summed E-state index contributed by atoms with van der Waals surface area (Å²) >= 11 is 0. The predicted molar refractivity (Wildman–Crippen MR) is 59.5 cm³/mol. The fourth-order valence-electron chi connectivity index (χ4n) is 2.54. The van der Waals surface area contributed by atoms with E-state index < -0.39 is 0 Å². The van der Waals surface area contributed by atoms with Gasteiger partial charge in [0.15, 0.2) is 0 Å². The Bertz CT molecular complexity index is 480. The number of hydrogen-bond donors (Lipinski definition) is 1. The van der Waals surface area contributed by atoms with Crippen molar-refractivity contribution in [2.45, 2.75) is 31.2 Å². The Balaban J connectivity index is 2.18. The quantitative estimate of drug-likeness (QED) is 0.767. The first-order valence-corrected chi connectivity index (χ1v) is 5.51. The molecule has 0 aliphatic heterocycles. The summed E-state index contributed by atoms with van der Waals surface area (Å²) in [5.74, 6) is 1.02. The smallest absolute Gasteiger partial charge is 0.133 e. The van der Waals surface area contributed by atoms with E-state index in [0.29, 0.717) is 0 Å². The standard InChI is InChI=1S/C12H15N3/c13-12(6-2-3-7-12)11-14-9-10-5-1-4-8-15(10)11/h1,4-5,8-9H,2-3,6-7,13H2. The maximum Gasteiger partial charge on any atom is 0.133 e. The van der Waals surface area contributed by atoms with Gasteiger partial charge in [0, 0.05) is 6.20 Å². The number of nitrogens with zero attached hydrogens (tertiary/aromatic N) is 2. The van der Waals surface area contributed by atoms with Gasteiger partial charge in [-0.1, -0.05) is 18.9 Å². The zero-order chi connectivity index (χ0) is 10.3. The molecular weight excluding hydrogens is 186 g/mol. The first kappa shape index (κ1) is 8.92. The first-order valence-electron chi connectivity index (χ1n) is 5.51. The van der Waals surface area contributed by atoms with Gasteiger partial charge in [-0.25, -0.2) is 4.98 Å². The molecule has 3 nitrogen and oxygen atoms in total. The Kier molecular flexibility index (Phi) is 1.83. The molecule has 2 aromatic heterocycles. The van der Waals surface area contributed by atoms with Crippen LogP contribution in [0, 0.1) is 0 Å². The molecule has 0 bridgehead atoms. The largest absolute Gasteiger partial charge is 0.319 e. The van der Waals surface area contributed by atoms with Crippen LogP contribution in [0.3, 0.4) is 0 Å². The summed E-state index contributed by atoms with van der Waals surface area (Å²) < 4.78 is 2.12. The average molecular weight is 201 g/mol. The number of rotatable bonds is 1. The van der Waals surface area contributed by atoms with E-state index >= 15 is 0 Å². The van der Waals surface area contributed by atoms with Crippen molar-refractivity contribution >= 4 is 5.52 Å². The molecule has 2 heterocycles. The van der Waals surface area contributed by atoms with Crippen molar-refractivity contribution in [2.24, 2.45) is 5.73 Å². The van der Waals surface area contributed by atoms with Gasteiger partial charge < -0.3 is 10.1 Å². The summed E-state index contributed by atoms with van der Waals surface area (Å²) in [6, 6.07) is 6.12. The van der Waals surface area contributed by atoms with Crippen molar-refractivity contribution in [3.63, 3.8) is 0 Å². The molecule has 78 valence electrons. The zero-order valence-corrected chi connectivity index (χ0v) is 8.69. The Morgan fingerprint density at radius 3 is 2.87 bits per heavy atom. The molecule has 0 saturated heterocycles. The van der Waals surface area contributed by atoms with Crippen LogP contribution in [0.1, 0.15) is 31.5 Å². The van der Waals surface area contributed by atoms with E-state index in [1.165, 1.54) is 12.8 Å². The normalized spacial score (nSPS) is 19.8.